The predicted octanol–water partition coefficient (Wildman–Crippen LogP) is 0.779. The number of anilines is 2. The van der Waals surface area contributed by atoms with Crippen LogP contribution in [0.5, 0.6) is 0 Å². The summed E-state index contributed by atoms with van der Waals surface area (Å²) in [5.74, 6) is 0.555. The summed E-state index contributed by atoms with van der Waals surface area (Å²) >= 11 is 0. The third-order valence-corrected chi connectivity index (χ3v) is 4.60. The molecule has 0 atom stereocenters. The van der Waals surface area contributed by atoms with E-state index >= 15 is 0 Å². The number of benzene rings is 1. The molecule has 0 radical (unpaired) electrons. The molecular formula is C13H21N3O3S. The quantitative estimate of drug-likeness (QED) is 0.800. The van der Waals surface area contributed by atoms with Crippen LogP contribution < -0.4 is 15.8 Å². The van der Waals surface area contributed by atoms with Crippen LogP contribution in [0.1, 0.15) is 12.8 Å². The van der Waals surface area contributed by atoms with Gasteiger partial charge in [0.2, 0.25) is 10.0 Å². The summed E-state index contributed by atoms with van der Waals surface area (Å²) in [6, 6.07) is 4.59. The van der Waals surface area contributed by atoms with Crippen molar-refractivity contribution < 1.29 is 13.2 Å². The molecule has 1 aromatic carbocycles. The van der Waals surface area contributed by atoms with E-state index in [9.17, 15) is 8.42 Å². The van der Waals surface area contributed by atoms with Crippen molar-refractivity contribution in [3.63, 3.8) is 0 Å². The summed E-state index contributed by atoms with van der Waals surface area (Å²) < 4.78 is 28.0. The van der Waals surface area contributed by atoms with Gasteiger partial charge in [-0.05, 0) is 37.0 Å². The zero-order valence-electron chi connectivity index (χ0n) is 11.6. The molecule has 1 heterocycles. The lowest BCUT2D eigenvalue weighted by atomic mass is 9.97. The molecule has 0 bridgehead atoms. The summed E-state index contributed by atoms with van der Waals surface area (Å²) in [6.45, 7) is 2.44. The van der Waals surface area contributed by atoms with Crippen LogP contribution in [0.2, 0.25) is 0 Å². The Morgan fingerprint density at radius 3 is 2.55 bits per heavy atom. The maximum atomic E-state index is 11.4. The Balaban J connectivity index is 2.17. The van der Waals surface area contributed by atoms with Crippen molar-refractivity contribution in [3.8, 4) is 0 Å². The average molecular weight is 299 g/mol. The van der Waals surface area contributed by atoms with Gasteiger partial charge < -0.3 is 15.4 Å². The summed E-state index contributed by atoms with van der Waals surface area (Å²) in [7, 11) is -1.99. The fourth-order valence-electron chi connectivity index (χ4n) is 2.55. The number of sulfonamides is 1. The van der Waals surface area contributed by atoms with Gasteiger partial charge in [-0.1, -0.05) is 0 Å². The van der Waals surface area contributed by atoms with E-state index in [0.717, 1.165) is 38.2 Å². The highest BCUT2D eigenvalue weighted by atomic mass is 32.2. The molecule has 4 N–H and O–H groups in total. The Morgan fingerprint density at radius 2 is 2.00 bits per heavy atom. The van der Waals surface area contributed by atoms with E-state index < -0.39 is 10.0 Å². The molecule has 1 aliphatic rings. The smallest absolute Gasteiger partial charge is 0.238 e. The Labute approximate surface area is 119 Å². The molecular weight excluding hydrogens is 278 g/mol. The minimum Gasteiger partial charge on any atom is -0.397 e. The van der Waals surface area contributed by atoms with Crippen LogP contribution in [0.3, 0.4) is 0 Å². The molecule has 1 fully saturated rings. The number of nitrogens with two attached hydrogens (primary N) is 2. The first-order chi connectivity index (χ1) is 9.41. The molecule has 7 heteroatoms. The van der Waals surface area contributed by atoms with Gasteiger partial charge in [0.15, 0.2) is 0 Å². The van der Waals surface area contributed by atoms with Crippen LogP contribution >= 0.6 is 0 Å². The molecule has 1 aromatic rings. The minimum absolute atomic E-state index is 0.0979. The SMILES string of the molecule is COCC1CCN(c2cc(S(N)(=O)=O)ccc2N)CC1. The van der Waals surface area contributed by atoms with Crippen LogP contribution in [0.4, 0.5) is 11.4 Å². The molecule has 6 nitrogen and oxygen atoms in total. The van der Waals surface area contributed by atoms with E-state index in [1.54, 1.807) is 19.2 Å². The second-order valence-electron chi connectivity index (χ2n) is 5.15. The summed E-state index contributed by atoms with van der Waals surface area (Å²) in [5, 5.41) is 5.16. The third-order valence-electron chi connectivity index (χ3n) is 3.69. The van der Waals surface area contributed by atoms with Crippen LogP contribution in [0.25, 0.3) is 0 Å². The normalized spacial score (nSPS) is 17.4. The summed E-state index contributed by atoms with van der Waals surface area (Å²) in [4.78, 5) is 2.21. The molecule has 1 saturated heterocycles. The molecule has 112 valence electrons. The van der Waals surface area contributed by atoms with Gasteiger partial charge in [-0.2, -0.15) is 0 Å². The first kappa shape index (κ1) is 15.1. The van der Waals surface area contributed by atoms with E-state index in [1.165, 1.54) is 6.07 Å². The van der Waals surface area contributed by atoms with E-state index in [0.29, 0.717) is 11.6 Å². The average Bonchev–Trinajstić information content (AvgIpc) is 2.39. The number of rotatable bonds is 4. The van der Waals surface area contributed by atoms with Crippen LogP contribution in [-0.4, -0.2) is 35.2 Å². The van der Waals surface area contributed by atoms with Gasteiger partial charge in [-0.3, -0.25) is 0 Å². The lowest BCUT2D eigenvalue weighted by Crippen LogP contribution is -2.35. The van der Waals surface area contributed by atoms with Crippen molar-refractivity contribution in [2.75, 3.05) is 37.4 Å². The number of nitrogen functional groups attached to an aromatic ring is 1. The van der Waals surface area contributed by atoms with Crippen LogP contribution in [0.15, 0.2) is 23.1 Å². The first-order valence-electron chi connectivity index (χ1n) is 6.58. The summed E-state index contributed by atoms with van der Waals surface area (Å²) in [6.07, 6.45) is 2.01. The third kappa shape index (κ3) is 3.41. The molecule has 0 amide bonds. The zero-order chi connectivity index (χ0) is 14.8. The van der Waals surface area contributed by atoms with Crippen LogP contribution in [0, 0.1) is 5.92 Å². The maximum Gasteiger partial charge on any atom is 0.238 e. The highest BCUT2D eigenvalue weighted by Gasteiger charge is 2.21. The number of hydrogen-bond acceptors (Lipinski definition) is 5. The molecule has 2 rings (SSSR count). The molecule has 0 saturated carbocycles. The van der Waals surface area contributed by atoms with Crippen molar-refractivity contribution in [2.45, 2.75) is 17.7 Å². The van der Waals surface area contributed by atoms with Gasteiger partial charge in [0.1, 0.15) is 0 Å². The van der Waals surface area contributed by atoms with Crippen molar-refractivity contribution >= 4 is 21.4 Å². The van der Waals surface area contributed by atoms with Gasteiger partial charge in [0, 0.05) is 26.8 Å². The highest BCUT2D eigenvalue weighted by Crippen LogP contribution is 2.30. The van der Waals surface area contributed by atoms with Gasteiger partial charge in [0.05, 0.1) is 16.3 Å². The minimum atomic E-state index is -3.70. The topological polar surface area (TPSA) is 98.6 Å². The lowest BCUT2D eigenvalue weighted by Gasteiger charge is -2.34. The highest BCUT2D eigenvalue weighted by molar-refractivity contribution is 7.89. The second-order valence-corrected chi connectivity index (χ2v) is 6.71. The van der Waals surface area contributed by atoms with Crippen molar-refractivity contribution in [1.82, 2.24) is 0 Å². The molecule has 0 spiro atoms. The molecule has 1 aliphatic heterocycles. The van der Waals surface area contributed by atoms with Gasteiger partial charge in [0.25, 0.3) is 0 Å². The Morgan fingerprint density at radius 1 is 1.35 bits per heavy atom. The van der Waals surface area contributed by atoms with E-state index in [2.05, 4.69) is 4.90 Å². The fraction of sp³-hybridized carbons (Fsp3) is 0.538. The predicted molar refractivity (Wildman–Crippen MR) is 79.0 cm³/mol. The number of ether oxygens (including phenoxy) is 1. The van der Waals surface area contributed by atoms with E-state index in [4.69, 9.17) is 15.6 Å². The van der Waals surface area contributed by atoms with Gasteiger partial charge in [-0.25, -0.2) is 13.6 Å². The monoisotopic (exact) mass is 299 g/mol. The maximum absolute atomic E-state index is 11.4. The standard InChI is InChI=1S/C13H21N3O3S/c1-19-9-10-4-6-16(7-5-10)13-8-11(20(15,17)18)2-3-12(13)14/h2-3,8,10H,4-7,9,14H2,1H3,(H2,15,17,18). The summed E-state index contributed by atoms with van der Waals surface area (Å²) in [5.41, 5.74) is 7.27. The Bertz CT molecular complexity index is 566. The fourth-order valence-corrected chi connectivity index (χ4v) is 3.08. The van der Waals surface area contributed by atoms with E-state index in [-0.39, 0.29) is 4.90 Å². The van der Waals surface area contributed by atoms with E-state index in [1.807, 2.05) is 0 Å². The van der Waals surface area contributed by atoms with Crippen LogP contribution in [-0.2, 0) is 14.8 Å². The number of methoxy groups -OCH3 is 1. The Hall–Kier alpha value is -1.31. The molecule has 0 aliphatic carbocycles. The molecule has 0 unspecified atom stereocenters. The van der Waals surface area contributed by atoms with Gasteiger partial charge in [-0.15, -0.1) is 0 Å². The van der Waals surface area contributed by atoms with Gasteiger partial charge >= 0.3 is 0 Å². The molecule has 0 aromatic heterocycles. The number of piperidine rings is 1. The first-order valence-corrected chi connectivity index (χ1v) is 8.12. The number of primary sulfonamides is 1. The zero-order valence-corrected chi connectivity index (χ0v) is 12.4. The number of hydrogen-bond donors (Lipinski definition) is 2. The lowest BCUT2D eigenvalue weighted by molar-refractivity contribution is 0.139. The Kier molecular flexibility index (Phi) is 4.52. The molecule has 20 heavy (non-hydrogen) atoms. The van der Waals surface area contributed by atoms with Crippen molar-refractivity contribution in [2.24, 2.45) is 11.1 Å². The van der Waals surface area contributed by atoms with Crippen molar-refractivity contribution in [3.05, 3.63) is 18.2 Å². The largest absolute Gasteiger partial charge is 0.397 e. The van der Waals surface area contributed by atoms with Crippen molar-refractivity contribution in [1.29, 1.82) is 0 Å². The second kappa shape index (κ2) is 5.99. The number of nitrogens with zero attached hydrogens (tertiary/aromatic N) is 1.